The molecule has 1 aliphatic rings. The predicted octanol–water partition coefficient (Wildman–Crippen LogP) is 2.40. The second-order valence-electron chi connectivity index (χ2n) is 5.90. The lowest BCUT2D eigenvalue weighted by Crippen LogP contribution is -2.40. The van der Waals surface area contributed by atoms with Gasteiger partial charge < -0.3 is 5.32 Å². The van der Waals surface area contributed by atoms with Crippen LogP contribution in [0.2, 0.25) is 0 Å². The van der Waals surface area contributed by atoms with E-state index in [1.54, 1.807) is 55.5 Å². The van der Waals surface area contributed by atoms with Crippen molar-refractivity contribution in [2.75, 3.05) is 0 Å². The molecule has 25 heavy (non-hydrogen) atoms. The number of imide groups is 1. The van der Waals surface area contributed by atoms with Crippen molar-refractivity contribution in [3.8, 4) is 12.1 Å². The molecule has 2 aromatic carbocycles. The number of carbonyl (C=O) groups is 2. The lowest BCUT2D eigenvalue weighted by molar-refractivity contribution is -0.131. The van der Waals surface area contributed by atoms with Crippen LogP contribution in [0.15, 0.2) is 48.5 Å². The van der Waals surface area contributed by atoms with Gasteiger partial charge in [0.2, 0.25) is 0 Å². The Morgan fingerprint density at radius 3 is 2.36 bits per heavy atom. The summed E-state index contributed by atoms with van der Waals surface area (Å²) in [4.78, 5) is 26.4. The molecule has 1 saturated heterocycles. The van der Waals surface area contributed by atoms with Crippen LogP contribution in [0, 0.1) is 22.7 Å². The van der Waals surface area contributed by atoms with Crippen molar-refractivity contribution in [2.24, 2.45) is 0 Å². The number of carbonyl (C=O) groups excluding carboxylic acids is 2. The maximum Gasteiger partial charge on any atom is 0.325 e. The number of nitrogens with one attached hydrogen (secondary N) is 1. The van der Waals surface area contributed by atoms with E-state index in [1.807, 2.05) is 6.07 Å². The van der Waals surface area contributed by atoms with Gasteiger partial charge in [0.1, 0.15) is 5.54 Å². The Kier molecular flexibility index (Phi) is 3.96. The van der Waals surface area contributed by atoms with E-state index in [-0.39, 0.29) is 6.54 Å². The van der Waals surface area contributed by atoms with E-state index >= 15 is 0 Å². The van der Waals surface area contributed by atoms with Gasteiger partial charge in [-0.25, -0.2) is 4.79 Å². The Bertz CT molecular complexity index is 937. The van der Waals surface area contributed by atoms with Crippen molar-refractivity contribution in [3.05, 3.63) is 70.8 Å². The van der Waals surface area contributed by atoms with Crippen LogP contribution >= 0.6 is 0 Å². The first-order chi connectivity index (χ1) is 12.0. The first-order valence-electron chi connectivity index (χ1n) is 7.62. The minimum absolute atomic E-state index is 0.0280. The van der Waals surface area contributed by atoms with E-state index in [0.29, 0.717) is 22.3 Å². The van der Waals surface area contributed by atoms with E-state index in [4.69, 9.17) is 5.26 Å². The molecule has 1 atom stereocenters. The summed E-state index contributed by atoms with van der Waals surface area (Å²) in [5.74, 6) is -0.394. The zero-order chi connectivity index (χ0) is 18.0. The van der Waals surface area contributed by atoms with E-state index in [2.05, 4.69) is 11.4 Å². The van der Waals surface area contributed by atoms with E-state index < -0.39 is 17.5 Å². The van der Waals surface area contributed by atoms with Crippen LogP contribution in [-0.4, -0.2) is 16.8 Å². The summed E-state index contributed by atoms with van der Waals surface area (Å²) in [5, 5.41) is 20.8. The third-order valence-electron chi connectivity index (χ3n) is 4.33. The standard InChI is InChI=1S/C19H14N4O2/c1-19(16-8-6-13(10-20)7-9-16)17(24)23(18(25)22-19)12-15-5-3-2-4-14(15)11-21/h2-9H,12H2,1H3,(H,22,25). The van der Waals surface area contributed by atoms with E-state index in [0.717, 1.165) is 4.90 Å². The summed E-state index contributed by atoms with van der Waals surface area (Å²) in [6.07, 6.45) is 0. The van der Waals surface area contributed by atoms with E-state index in [9.17, 15) is 14.9 Å². The molecule has 0 spiro atoms. The Morgan fingerprint density at radius 1 is 1.04 bits per heavy atom. The van der Waals surface area contributed by atoms with Crippen LogP contribution < -0.4 is 5.32 Å². The van der Waals surface area contributed by atoms with Crippen LogP contribution in [0.4, 0.5) is 4.79 Å². The van der Waals surface area contributed by atoms with Gasteiger partial charge in [-0.2, -0.15) is 10.5 Å². The number of nitriles is 2. The Hall–Kier alpha value is -3.64. The number of hydrogen-bond acceptors (Lipinski definition) is 4. The highest BCUT2D eigenvalue weighted by atomic mass is 16.2. The third kappa shape index (κ3) is 2.71. The van der Waals surface area contributed by atoms with Crippen molar-refractivity contribution in [2.45, 2.75) is 19.0 Å². The van der Waals surface area contributed by atoms with Gasteiger partial charge in [-0.1, -0.05) is 30.3 Å². The molecule has 3 amide bonds. The van der Waals surface area contributed by atoms with Gasteiger partial charge in [-0.05, 0) is 36.2 Å². The molecule has 3 rings (SSSR count). The Labute approximate surface area is 144 Å². The minimum atomic E-state index is -1.20. The van der Waals surface area contributed by atoms with Crippen molar-refractivity contribution < 1.29 is 9.59 Å². The number of amides is 3. The zero-order valence-electron chi connectivity index (χ0n) is 13.5. The molecule has 6 heteroatoms. The number of rotatable bonds is 3. The topological polar surface area (TPSA) is 97.0 Å². The fourth-order valence-corrected chi connectivity index (χ4v) is 2.85. The molecule has 0 aliphatic carbocycles. The minimum Gasteiger partial charge on any atom is -0.319 e. The van der Waals surface area contributed by atoms with Crippen LogP contribution in [0.5, 0.6) is 0 Å². The number of nitrogens with zero attached hydrogens (tertiary/aromatic N) is 3. The fourth-order valence-electron chi connectivity index (χ4n) is 2.85. The Balaban J connectivity index is 1.91. The summed E-state index contributed by atoms with van der Waals surface area (Å²) in [6, 6.07) is 16.9. The SMILES string of the molecule is CC1(c2ccc(C#N)cc2)NC(=O)N(Cc2ccccc2C#N)C1=O. The van der Waals surface area contributed by atoms with E-state index in [1.165, 1.54) is 0 Å². The number of benzene rings is 2. The van der Waals surface area contributed by atoms with Crippen LogP contribution in [-0.2, 0) is 16.9 Å². The first kappa shape index (κ1) is 16.2. The van der Waals surface area contributed by atoms with Gasteiger partial charge in [0.15, 0.2) is 0 Å². The molecule has 0 bridgehead atoms. The van der Waals surface area contributed by atoms with Crippen molar-refractivity contribution in [1.29, 1.82) is 10.5 Å². The molecule has 1 fully saturated rings. The molecule has 6 nitrogen and oxygen atoms in total. The van der Waals surface area contributed by atoms with Crippen molar-refractivity contribution in [1.82, 2.24) is 10.2 Å². The summed E-state index contributed by atoms with van der Waals surface area (Å²) >= 11 is 0. The molecule has 1 heterocycles. The maximum absolute atomic E-state index is 12.9. The van der Waals surface area contributed by atoms with Gasteiger partial charge in [-0.15, -0.1) is 0 Å². The van der Waals surface area contributed by atoms with Crippen molar-refractivity contribution in [3.63, 3.8) is 0 Å². The lowest BCUT2D eigenvalue weighted by Gasteiger charge is -2.22. The normalized spacial score (nSPS) is 19.2. The molecule has 2 aromatic rings. The second-order valence-corrected chi connectivity index (χ2v) is 5.90. The van der Waals surface area contributed by atoms with Gasteiger partial charge >= 0.3 is 6.03 Å². The highest BCUT2D eigenvalue weighted by Crippen LogP contribution is 2.30. The molecule has 0 radical (unpaired) electrons. The summed E-state index contributed by atoms with van der Waals surface area (Å²) in [5.41, 5.74) is 0.907. The fraction of sp³-hybridized carbons (Fsp3) is 0.158. The molecule has 1 N–H and O–H groups in total. The summed E-state index contributed by atoms with van der Waals surface area (Å²) in [6.45, 7) is 1.66. The quantitative estimate of drug-likeness (QED) is 0.874. The second kappa shape index (κ2) is 6.10. The molecule has 0 saturated carbocycles. The smallest absolute Gasteiger partial charge is 0.319 e. The number of hydrogen-bond donors (Lipinski definition) is 1. The summed E-state index contributed by atoms with van der Waals surface area (Å²) in [7, 11) is 0. The molecule has 0 aromatic heterocycles. The van der Waals surface area contributed by atoms with Crippen LogP contribution in [0.1, 0.15) is 29.2 Å². The molecule has 122 valence electrons. The molecule has 1 unspecified atom stereocenters. The largest absolute Gasteiger partial charge is 0.325 e. The van der Waals surface area contributed by atoms with Crippen molar-refractivity contribution >= 4 is 11.9 Å². The maximum atomic E-state index is 12.9. The molecule has 1 aliphatic heterocycles. The predicted molar refractivity (Wildman–Crippen MR) is 88.7 cm³/mol. The number of urea groups is 1. The average molecular weight is 330 g/mol. The lowest BCUT2D eigenvalue weighted by atomic mass is 9.91. The monoisotopic (exact) mass is 330 g/mol. The summed E-state index contributed by atoms with van der Waals surface area (Å²) < 4.78 is 0. The Morgan fingerprint density at radius 2 is 1.72 bits per heavy atom. The van der Waals surface area contributed by atoms with Crippen LogP contribution in [0.25, 0.3) is 0 Å². The highest BCUT2D eigenvalue weighted by molar-refractivity contribution is 6.07. The van der Waals surface area contributed by atoms with Gasteiger partial charge in [-0.3, -0.25) is 9.69 Å². The first-order valence-corrected chi connectivity index (χ1v) is 7.62. The molecular formula is C19H14N4O2. The average Bonchev–Trinajstić information content (AvgIpc) is 2.86. The zero-order valence-corrected chi connectivity index (χ0v) is 13.5. The van der Waals surface area contributed by atoms with Gasteiger partial charge in [0.25, 0.3) is 5.91 Å². The van der Waals surface area contributed by atoms with Gasteiger partial charge in [0.05, 0.1) is 29.8 Å². The third-order valence-corrected chi connectivity index (χ3v) is 4.33. The highest BCUT2D eigenvalue weighted by Gasteiger charge is 2.48. The van der Waals surface area contributed by atoms with Gasteiger partial charge in [0, 0.05) is 0 Å². The van der Waals surface area contributed by atoms with Crippen LogP contribution in [0.3, 0.4) is 0 Å². The molecular weight excluding hydrogens is 316 g/mol.